The van der Waals surface area contributed by atoms with Gasteiger partial charge in [0.25, 0.3) is 5.56 Å². The Labute approximate surface area is 114 Å². The minimum Gasteiger partial charge on any atom is -0.465 e. The van der Waals surface area contributed by atoms with Gasteiger partial charge in [-0.05, 0) is 41.3 Å². The second kappa shape index (κ2) is 5.26. The van der Waals surface area contributed by atoms with Gasteiger partial charge in [0.05, 0.1) is 7.11 Å². The van der Waals surface area contributed by atoms with Crippen LogP contribution < -0.4 is 5.56 Å². The van der Waals surface area contributed by atoms with Gasteiger partial charge in [0, 0.05) is 16.7 Å². The third-order valence-electron chi connectivity index (χ3n) is 3.54. The first-order valence-electron chi connectivity index (χ1n) is 6.05. The molecule has 1 fully saturated rings. The van der Waals surface area contributed by atoms with Crippen LogP contribution in [0, 0.1) is 6.92 Å². The van der Waals surface area contributed by atoms with E-state index < -0.39 is 5.97 Å². The molecule has 0 spiro atoms. The van der Waals surface area contributed by atoms with E-state index in [0.29, 0.717) is 5.56 Å². The lowest BCUT2D eigenvalue weighted by Gasteiger charge is -2.16. The highest BCUT2D eigenvalue weighted by molar-refractivity contribution is 9.10. The van der Waals surface area contributed by atoms with E-state index in [1.807, 2.05) is 0 Å². The number of halogens is 1. The number of methoxy groups -OCH3 is 1. The number of carbonyl (C=O) groups excluding carboxylic acids is 1. The lowest BCUT2D eigenvalue weighted by atomic mass is 10.1. The Balaban J connectivity index is 2.59. The summed E-state index contributed by atoms with van der Waals surface area (Å²) in [6.45, 7) is 1.75. The highest BCUT2D eigenvalue weighted by Crippen LogP contribution is 2.30. The molecule has 0 radical (unpaired) electrons. The zero-order chi connectivity index (χ0) is 13.3. The van der Waals surface area contributed by atoms with Crippen LogP contribution in [0.15, 0.2) is 15.5 Å². The number of carbonyl (C=O) groups is 1. The van der Waals surface area contributed by atoms with Crippen LogP contribution >= 0.6 is 15.9 Å². The Bertz CT molecular complexity index is 530. The third kappa shape index (κ3) is 2.23. The van der Waals surface area contributed by atoms with E-state index in [4.69, 9.17) is 4.74 Å². The van der Waals surface area contributed by atoms with Crippen molar-refractivity contribution in [3.63, 3.8) is 0 Å². The van der Waals surface area contributed by atoms with Crippen molar-refractivity contribution in [2.24, 2.45) is 0 Å². The van der Waals surface area contributed by atoms with E-state index in [2.05, 4.69) is 15.9 Å². The fourth-order valence-corrected chi connectivity index (χ4v) is 2.90. The van der Waals surface area contributed by atoms with Gasteiger partial charge in [-0.15, -0.1) is 0 Å². The number of esters is 1. The van der Waals surface area contributed by atoms with Gasteiger partial charge >= 0.3 is 5.97 Å². The second-order valence-electron chi connectivity index (χ2n) is 4.62. The number of ether oxygens (including phenoxy) is 1. The Morgan fingerprint density at radius 1 is 1.44 bits per heavy atom. The van der Waals surface area contributed by atoms with Gasteiger partial charge in [-0.1, -0.05) is 12.8 Å². The molecule has 2 rings (SSSR count). The molecule has 98 valence electrons. The largest absolute Gasteiger partial charge is 0.465 e. The van der Waals surface area contributed by atoms with E-state index in [1.54, 1.807) is 17.7 Å². The summed E-state index contributed by atoms with van der Waals surface area (Å²) in [6.07, 6.45) is 6.05. The molecule has 1 saturated carbocycles. The maximum absolute atomic E-state index is 12.4. The molecule has 1 aliphatic carbocycles. The topological polar surface area (TPSA) is 48.3 Å². The summed E-state index contributed by atoms with van der Waals surface area (Å²) in [5.41, 5.74) is 0.536. The highest BCUT2D eigenvalue weighted by atomic mass is 79.9. The maximum Gasteiger partial charge on any atom is 0.343 e. The van der Waals surface area contributed by atoms with Gasteiger partial charge in [-0.3, -0.25) is 4.79 Å². The van der Waals surface area contributed by atoms with E-state index >= 15 is 0 Å². The molecule has 0 aromatic carbocycles. The Hall–Kier alpha value is -1.10. The van der Waals surface area contributed by atoms with Crippen molar-refractivity contribution in [1.29, 1.82) is 0 Å². The molecule has 0 N–H and O–H groups in total. The van der Waals surface area contributed by atoms with E-state index in [-0.39, 0.29) is 17.2 Å². The average molecular weight is 314 g/mol. The SMILES string of the molecule is COC(=O)c1c(C)c(Br)cn(C2CCCC2)c1=O. The fourth-order valence-electron chi connectivity index (χ4n) is 2.48. The van der Waals surface area contributed by atoms with Crippen molar-refractivity contribution in [3.05, 3.63) is 32.2 Å². The zero-order valence-electron chi connectivity index (χ0n) is 10.5. The van der Waals surface area contributed by atoms with Crippen LogP contribution in [0.2, 0.25) is 0 Å². The van der Waals surface area contributed by atoms with Crippen molar-refractivity contribution in [1.82, 2.24) is 4.57 Å². The third-order valence-corrected chi connectivity index (χ3v) is 4.34. The van der Waals surface area contributed by atoms with Crippen molar-refractivity contribution < 1.29 is 9.53 Å². The van der Waals surface area contributed by atoms with E-state index in [1.165, 1.54) is 7.11 Å². The molecule has 0 atom stereocenters. The predicted molar refractivity (Wildman–Crippen MR) is 72.0 cm³/mol. The molecule has 0 aliphatic heterocycles. The number of hydrogen-bond donors (Lipinski definition) is 0. The summed E-state index contributed by atoms with van der Waals surface area (Å²) in [4.78, 5) is 24.1. The van der Waals surface area contributed by atoms with Crippen LogP contribution in [0.3, 0.4) is 0 Å². The van der Waals surface area contributed by atoms with Gasteiger partial charge in [-0.25, -0.2) is 4.79 Å². The van der Waals surface area contributed by atoms with Crippen LogP contribution in [0.4, 0.5) is 0 Å². The Morgan fingerprint density at radius 3 is 2.61 bits per heavy atom. The molecular formula is C13H16BrNO3. The van der Waals surface area contributed by atoms with E-state index in [9.17, 15) is 9.59 Å². The van der Waals surface area contributed by atoms with Crippen LogP contribution in [0.5, 0.6) is 0 Å². The number of hydrogen-bond acceptors (Lipinski definition) is 3. The highest BCUT2D eigenvalue weighted by Gasteiger charge is 2.24. The Morgan fingerprint density at radius 2 is 2.06 bits per heavy atom. The normalized spacial score (nSPS) is 15.9. The summed E-state index contributed by atoms with van der Waals surface area (Å²) in [5, 5.41) is 0. The van der Waals surface area contributed by atoms with Gasteiger partial charge in [0.15, 0.2) is 0 Å². The molecule has 1 aromatic rings. The first kappa shape index (κ1) is 13.3. The van der Waals surface area contributed by atoms with Gasteiger partial charge < -0.3 is 9.30 Å². The summed E-state index contributed by atoms with van der Waals surface area (Å²) in [6, 6.07) is 0.206. The van der Waals surface area contributed by atoms with Gasteiger partial charge in [0.1, 0.15) is 5.56 Å². The molecule has 4 nitrogen and oxygen atoms in total. The fraction of sp³-hybridized carbons (Fsp3) is 0.538. The Kier molecular flexibility index (Phi) is 3.90. The molecule has 0 bridgehead atoms. The standard InChI is InChI=1S/C13H16BrNO3/c1-8-10(14)7-15(9-5-3-4-6-9)12(16)11(8)13(17)18-2/h7,9H,3-6H2,1-2H3. The second-order valence-corrected chi connectivity index (χ2v) is 5.47. The van der Waals surface area contributed by atoms with E-state index in [0.717, 1.165) is 30.2 Å². The lowest BCUT2D eigenvalue weighted by Crippen LogP contribution is -2.30. The molecule has 5 heteroatoms. The van der Waals surface area contributed by atoms with Crippen LogP contribution in [0.1, 0.15) is 47.6 Å². The monoisotopic (exact) mass is 313 g/mol. The first-order valence-corrected chi connectivity index (χ1v) is 6.85. The number of pyridine rings is 1. The number of nitrogens with zero attached hydrogens (tertiary/aromatic N) is 1. The van der Waals surface area contributed by atoms with Crippen LogP contribution in [-0.4, -0.2) is 17.6 Å². The minimum atomic E-state index is -0.564. The first-order chi connectivity index (χ1) is 8.56. The number of rotatable bonds is 2. The smallest absolute Gasteiger partial charge is 0.343 e. The molecule has 0 unspecified atom stereocenters. The summed E-state index contributed by atoms with van der Waals surface area (Å²) in [7, 11) is 1.29. The quantitative estimate of drug-likeness (QED) is 0.789. The molecule has 0 saturated heterocycles. The van der Waals surface area contributed by atoms with Gasteiger partial charge in [-0.2, -0.15) is 0 Å². The molecule has 1 aliphatic rings. The molecular weight excluding hydrogens is 298 g/mol. The summed E-state index contributed by atoms with van der Waals surface area (Å²) in [5.74, 6) is -0.564. The van der Waals surface area contributed by atoms with Crippen molar-refractivity contribution in [3.8, 4) is 0 Å². The van der Waals surface area contributed by atoms with Crippen LogP contribution in [0.25, 0.3) is 0 Å². The minimum absolute atomic E-state index is 0.138. The van der Waals surface area contributed by atoms with Crippen LogP contribution in [-0.2, 0) is 4.74 Å². The summed E-state index contributed by atoms with van der Waals surface area (Å²) < 4.78 is 7.15. The van der Waals surface area contributed by atoms with Crippen molar-refractivity contribution >= 4 is 21.9 Å². The maximum atomic E-state index is 12.4. The molecule has 0 amide bonds. The summed E-state index contributed by atoms with van der Waals surface area (Å²) >= 11 is 3.41. The average Bonchev–Trinajstić information content (AvgIpc) is 2.87. The molecule has 1 aromatic heterocycles. The lowest BCUT2D eigenvalue weighted by molar-refractivity contribution is 0.0596. The van der Waals surface area contributed by atoms with Crippen molar-refractivity contribution in [2.75, 3.05) is 7.11 Å². The number of aromatic nitrogens is 1. The predicted octanol–water partition coefficient (Wildman–Crippen LogP) is 2.82. The molecule has 1 heterocycles. The van der Waals surface area contributed by atoms with Gasteiger partial charge in [0.2, 0.25) is 0 Å². The zero-order valence-corrected chi connectivity index (χ0v) is 12.1. The molecule has 18 heavy (non-hydrogen) atoms. The van der Waals surface area contributed by atoms with Crippen molar-refractivity contribution in [2.45, 2.75) is 38.6 Å².